The van der Waals surface area contributed by atoms with Gasteiger partial charge in [0.1, 0.15) is 0 Å². The van der Waals surface area contributed by atoms with Crippen LogP contribution in [-0.2, 0) is 0 Å². The van der Waals surface area contributed by atoms with Gasteiger partial charge < -0.3 is 5.11 Å². The Balaban J connectivity index is 1.86. The maximum absolute atomic E-state index is 9.06. The average Bonchev–Trinajstić information content (AvgIpc) is 2.51. The molecule has 0 radical (unpaired) electrons. The van der Waals surface area contributed by atoms with Crippen LogP contribution in [0.5, 0.6) is 0 Å². The van der Waals surface area contributed by atoms with Crippen LogP contribution in [0.1, 0.15) is 32.1 Å². The monoisotopic (exact) mass is 200 g/mol. The van der Waals surface area contributed by atoms with E-state index in [1.807, 2.05) is 0 Å². The zero-order valence-corrected chi connectivity index (χ0v) is 9.06. The molecule has 1 aliphatic heterocycles. The molecule has 2 rings (SSSR count). The Labute approximate surface area is 85.3 Å². The summed E-state index contributed by atoms with van der Waals surface area (Å²) < 4.78 is 0. The summed E-state index contributed by atoms with van der Waals surface area (Å²) in [5.74, 6) is 5.48. The normalized spacial score (nSPS) is 31.6. The molecule has 0 bridgehead atoms. The topological polar surface area (TPSA) is 20.2 Å². The molecular formula is C11H20OS. The van der Waals surface area contributed by atoms with Gasteiger partial charge in [-0.05, 0) is 42.1 Å². The third-order valence-electron chi connectivity index (χ3n) is 3.79. The summed E-state index contributed by atoms with van der Waals surface area (Å²) in [5.41, 5.74) is 0. The molecule has 76 valence electrons. The predicted octanol–water partition coefficient (Wildman–Crippen LogP) is 2.54. The first-order chi connectivity index (χ1) is 6.42. The summed E-state index contributed by atoms with van der Waals surface area (Å²) in [7, 11) is 0. The molecule has 0 amide bonds. The third kappa shape index (κ3) is 2.21. The van der Waals surface area contributed by atoms with E-state index >= 15 is 0 Å². The Morgan fingerprint density at radius 1 is 1.23 bits per heavy atom. The highest BCUT2D eigenvalue weighted by atomic mass is 32.2. The lowest BCUT2D eigenvalue weighted by atomic mass is 9.69. The van der Waals surface area contributed by atoms with Gasteiger partial charge >= 0.3 is 0 Å². The molecule has 1 saturated carbocycles. The summed E-state index contributed by atoms with van der Waals surface area (Å²) >= 11 is 2.11. The zero-order valence-electron chi connectivity index (χ0n) is 8.24. The molecule has 13 heavy (non-hydrogen) atoms. The summed E-state index contributed by atoms with van der Waals surface area (Å²) in [6.07, 6.45) is 6.78. The van der Waals surface area contributed by atoms with E-state index in [9.17, 15) is 0 Å². The second-order valence-electron chi connectivity index (χ2n) is 4.49. The highest BCUT2D eigenvalue weighted by molar-refractivity contribution is 7.99. The molecule has 1 saturated heterocycles. The molecule has 1 N–H and O–H groups in total. The smallest absolute Gasteiger partial charge is 0.0433 e. The minimum Gasteiger partial charge on any atom is -0.396 e. The predicted molar refractivity (Wildman–Crippen MR) is 58.0 cm³/mol. The van der Waals surface area contributed by atoms with Crippen LogP contribution in [0.15, 0.2) is 0 Å². The quantitative estimate of drug-likeness (QED) is 0.752. The first kappa shape index (κ1) is 9.85. The van der Waals surface area contributed by atoms with Crippen molar-refractivity contribution in [1.82, 2.24) is 0 Å². The maximum Gasteiger partial charge on any atom is 0.0433 e. The summed E-state index contributed by atoms with van der Waals surface area (Å²) in [5, 5.41) is 9.06. The van der Waals surface area contributed by atoms with E-state index in [-0.39, 0.29) is 0 Å². The van der Waals surface area contributed by atoms with Gasteiger partial charge in [0.25, 0.3) is 0 Å². The molecule has 2 aliphatic rings. The molecule has 2 heteroatoms. The van der Waals surface area contributed by atoms with Gasteiger partial charge in [0.2, 0.25) is 0 Å². The van der Waals surface area contributed by atoms with Gasteiger partial charge in [0, 0.05) is 6.61 Å². The number of hydrogen-bond donors (Lipinski definition) is 1. The van der Waals surface area contributed by atoms with E-state index < -0.39 is 0 Å². The van der Waals surface area contributed by atoms with Gasteiger partial charge in [-0.25, -0.2) is 0 Å². The molecule has 2 atom stereocenters. The molecule has 1 heterocycles. The van der Waals surface area contributed by atoms with Crippen LogP contribution in [0.3, 0.4) is 0 Å². The Bertz CT molecular complexity index is 150. The lowest BCUT2D eigenvalue weighted by Gasteiger charge is -2.37. The fraction of sp³-hybridized carbons (Fsp3) is 1.00. The van der Waals surface area contributed by atoms with Crippen molar-refractivity contribution in [3.8, 4) is 0 Å². The molecule has 0 aromatic carbocycles. The summed E-state index contributed by atoms with van der Waals surface area (Å²) in [4.78, 5) is 0. The van der Waals surface area contributed by atoms with Crippen molar-refractivity contribution in [3.63, 3.8) is 0 Å². The second-order valence-corrected chi connectivity index (χ2v) is 5.64. The van der Waals surface area contributed by atoms with Crippen molar-refractivity contribution < 1.29 is 5.11 Å². The SMILES string of the molecule is OCCC(C1CCC1)C1CCSC1. The van der Waals surface area contributed by atoms with Crippen molar-refractivity contribution in [3.05, 3.63) is 0 Å². The highest BCUT2D eigenvalue weighted by Gasteiger charge is 2.34. The largest absolute Gasteiger partial charge is 0.396 e. The van der Waals surface area contributed by atoms with E-state index in [4.69, 9.17) is 5.11 Å². The van der Waals surface area contributed by atoms with E-state index in [0.29, 0.717) is 6.61 Å². The number of aliphatic hydroxyl groups is 1. The molecule has 0 aromatic rings. The number of aliphatic hydroxyl groups excluding tert-OH is 1. The van der Waals surface area contributed by atoms with Crippen molar-refractivity contribution in [1.29, 1.82) is 0 Å². The standard InChI is InChI=1S/C11H20OS/c12-6-4-11(9-2-1-3-9)10-5-7-13-8-10/h9-12H,1-8H2. The van der Waals surface area contributed by atoms with Crippen molar-refractivity contribution in [2.24, 2.45) is 17.8 Å². The van der Waals surface area contributed by atoms with Crippen LogP contribution >= 0.6 is 11.8 Å². The maximum atomic E-state index is 9.06. The van der Waals surface area contributed by atoms with E-state index in [1.165, 1.54) is 37.2 Å². The Morgan fingerprint density at radius 3 is 2.54 bits per heavy atom. The summed E-state index contributed by atoms with van der Waals surface area (Å²) in [6.45, 7) is 0.405. The first-order valence-corrected chi connectivity index (χ1v) is 6.76. The van der Waals surface area contributed by atoms with Crippen molar-refractivity contribution in [2.45, 2.75) is 32.1 Å². The second kappa shape index (κ2) is 4.70. The van der Waals surface area contributed by atoms with E-state index in [1.54, 1.807) is 0 Å². The first-order valence-electron chi connectivity index (χ1n) is 5.60. The van der Waals surface area contributed by atoms with Crippen molar-refractivity contribution >= 4 is 11.8 Å². The van der Waals surface area contributed by atoms with Crippen LogP contribution < -0.4 is 0 Å². The minimum absolute atomic E-state index is 0.405. The van der Waals surface area contributed by atoms with Gasteiger partial charge in [0.05, 0.1) is 0 Å². The lowest BCUT2D eigenvalue weighted by molar-refractivity contribution is 0.119. The number of hydrogen-bond acceptors (Lipinski definition) is 2. The fourth-order valence-corrected chi connectivity index (χ4v) is 4.12. The minimum atomic E-state index is 0.405. The Kier molecular flexibility index (Phi) is 3.56. The molecular weight excluding hydrogens is 180 g/mol. The Morgan fingerprint density at radius 2 is 2.08 bits per heavy atom. The van der Waals surface area contributed by atoms with Crippen LogP contribution in [-0.4, -0.2) is 23.2 Å². The van der Waals surface area contributed by atoms with Crippen LogP contribution in [0.2, 0.25) is 0 Å². The van der Waals surface area contributed by atoms with Crippen LogP contribution in [0.4, 0.5) is 0 Å². The van der Waals surface area contributed by atoms with Gasteiger partial charge in [0.15, 0.2) is 0 Å². The number of rotatable bonds is 4. The fourth-order valence-electron chi connectivity index (χ4n) is 2.76. The molecule has 2 fully saturated rings. The molecule has 1 aliphatic carbocycles. The lowest BCUT2D eigenvalue weighted by Crippen LogP contribution is -2.29. The van der Waals surface area contributed by atoms with Crippen LogP contribution in [0, 0.1) is 17.8 Å². The molecule has 0 spiro atoms. The van der Waals surface area contributed by atoms with Crippen LogP contribution in [0.25, 0.3) is 0 Å². The molecule has 0 aromatic heterocycles. The summed E-state index contributed by atoms with van der Waals surface area (Å²) in [6, 6.07) is 0. The van der Waals surface area contributed by atoms with Crippen molar-refractivity contribution in [2.75, 3.05) is 18.1 Å². The number of thioether (sulfide) groups is 1. The molecule has 2 unspecified atom stereocenters. The van der Waals surface area contributed by atoms with Gasteiger partial charge in [-0.1, -0.05) is 19.3 Å². The van der Waals surface area contributed by atoms with E-state index in [0.717, 1.165) is 24.2 Å². The third-order valence-corrected chi connectivity index (χ3v) is 4.98. The highest BCUT2D eigenvalue weighted by Crippen LogP contribution is 2.43. The van der Waals surface area contributed by atoms with Gasteiger partial charge in [-0.2, -0.15) is 11.8 Å². The average molecular weight is 200 g/mol. The zero-order chi connectivity index (χ0) is 9.10. The Hall–Kier alpha value is 0.310. The van der Waals surface area contributed by atoms with Gasteiger partial charge in [-0.3, -0.25) is 0 Å². The van der Waals surface area contributed by atoms with Gasteiger partial charge in [-0.15, -0.1) is 0 Å². The molecule has 1 nitrogen and oxygen atoms in total. The van der Waals surface area contributed by atoms with E-state index in [2.05, 4.69) is 11.8 Å².